The van der Waals surface area contributed by atoms with Gasteiger partial charge in [0, 0.05) is 24.3 Å². The molecule has 4 nitrogen and oxygen atoms in total. The number of carbonyl (C=O) groups excluding carboxylic acids is 3. The van der Waals surface area contributed by atoms with Crippen molar-refractivity contribution < 1.29 is 14.4 Å². The van der Waals surface area contributed by atoms with Crippen molar-refractivity contribution in [1.82, 2.24) is 4.90 Å². The highest BCUT2D eigenvalue weighted by atomic mass is 32.2. The highest BCUT2D eigenvalue weighted by Gasteiger charge is 2.38. The fourth-order valence-electron chi connectivity index (χ4n) is 2.08. The highest BCUT2D eigenvalue weighted by molar-refractivity contribution is 8.00. The fourth-order valence-corrected chi connectivity index (χ4v) is 3.18. The number of nitrogens with zero attached hydrogens (tertiary/aromatic N) is 1. The summed E-state index contributed by atoms with van der Waals surface area (Å²) in [5, 5.41) is -0.411. The Morgan fingerprint density at radius 3 is 2.23 bits per heavy atom. The maximum Gasteiger partial charge on any atom is 0.243 e. The van der Waals surface area contributed by atoms with E-state index >= 15 is 0 Å². The minimum Gasteiger partial charge on any atom is -0.303 e. The summed E-state index contributed by atoms with van der Waals surface area (Å²) in [6.07, 6.45) is 1.10. The van der Waals surface area contributed by atoms with E-state index in [9.17, 15) is 14.4 Å². The summed E-state index contributed by atoms with van der Waals surface area (Å²) < 4.78 is 0. The fraction of sp³-hybridized carbons (Fsp3) is 0.235. The SMILES string of the molecule is O=CCCN1C(=O)CC(Sc2ccccccccc2)C1=O. The minimum atomic E-state index is -0.411. The van der Waals surface area contributed by atoms with Gasteiger partial charge in [-0.15, -0.1) is 11.8 Å². The van der Waals surface area contributed by atoms with Crippen LogP contribution in [0.3, 0.4) is 0 Å². The standard InChI is InChI=1S/C17H17NO3S/c19-12-8-11-18-16(20)13-15(17(18)21)22-14-9-6-4-2-1-3-5-7-10-14/h1-7,9-10,12,15H,8,11,13H2. The zero-order valence-corrected chi connectivity index (χ0v) is 12.9. The van der Waals surface area contributed by atoms with Crippen LogP contribution in [0, 0.1) is 0 Å². The molecule has 0 aromatic heterocycles. The predicted octanol–water partition coefficient (Wildman–Crippen LogP) is 2.62. The monoisotopic (exact) mass is 315 g/mol. The number of carbonyl (C=O) groups is 3. The average molecular weight is 315 g/mol. The Labute approximate surface area is 133 Å². The van der Waals surface area contributed by atoms with Crippen molar-refractivity contribution in [2.45, 2.75) is 23.0 Å². The van der Waals surface area contributed by atoms with Crippen LogP contribution in [-0.4, -0.2) is 34.8 Å². The summed E-state index contributed by atoms with van der Waals surface area (Å²) in [5.41, 5.74) is 0. The van der Waals surface area contributed by atoms with Gasteiger partial charge in [0.1, 0.15) is 6.29 Å². The summed E-state index contributed by atoms with van der Waals surface area (Å²) in [6, 6.07) is 17.2. The van der Waals surface area contributed by atoms with E-state index in [2.05, 4.69) is 0 Å². The second kappa shape index (κ2) is 8.34. The van der Waals surface area contributed by atoms with Gasteiger partial charge in [-0.25, -0.2) is 0 Å². The van der Waals surface area contributed by atoms with Gasteiger partial charge < -0.3 is 4.79 Å². The van der Waals surface area contributed by atoms with Crippen LogP contribution in [0.2, 0.25) is 0 Å². The van der Waals surface area contributed by atoms with Gasteiger partial charge in [-0.05, 0) is 12.1 Å². The molecule has 2 amide bonds. The van der Waals surface area contributed by atoms with Crippen LogP contribution in [-0.2, 0) is 14.4 Å². The number of aldehydes is 1. The molecule has 22 heavy (non-hydrogen) atoms. The lowest BCUT2D eigenvalue weighted by molar-refractivity contribution is -0.138. The molecule has 1 aromatic rings. The zero-order chi connectivity index (χ0) is 15.8. The average Bonchev–Trinajstić information content (AvgIpc) is 2.78. The molecule has 5 heteroatoms. The summed E-state index contributed by atoms with van der Waals surface area (Å²) in [6.45, 7) is 0.181. The van der Waals surface area contributed by atoms with Crippen molar-refractivity contribution in [3.63, 3.8) is 0 Å². The van der Waals surface area contributed by atoms with Crippen LogP contribution < -0.4 is 0 Å². The second-order valence-corrected chi connectivity index (χ2v) is 6.01. The number of hydrogen-bond donors (Lipinski definition) is 0. The number of thioether (sulfide) groups is 1. The van der Waals surface area contributed by atoms with Gasteiger partial charge >= 0.3 is 0 Å². The molecule has 0 spiro atoms. The molecule has 1 unspecified atom stereocenters. The second-order valence-electron chi connectivity index (χ2n) is 4.73. The van der Waals surface area contributed by atoms with Gasteiger partial charge in [0.15, 0.2) is 0 Å². The van der Waals surface area contributed by atoms with E-state index in [1.54, 1.807) is 0 Å². The van der Waals surface area contributed by atoms with Gasteiger partial charge in [0.25, 0.3) is 0 Å². The molecule has 0 N–H and O–H groups in total. The maximum absolute atomic E-state index is 12.2. The van der Waals surface area contributed by atoms with Crippen molar-refractivity contribution in [3.8, 4) is 0 Å². The van der Waals surface area contributed by atoms with Crippen LogP contribution in [0.15, 0.2) is 59.5 Å². The van der Waals surface area contributed by atoms with Crippen LogP contribution in [0.5, 0.6) is 0 Å². The van der Waals surface area contributed by atoms with E-state index in [4.69, 9.17) is 0 Å². The molecule has 1 aromatic carbocycles. The number of hydrogen-bond acceptors (Lipinski definition) is 4. The largest absolute Gasteiger partial charge is 0.303 e. The summed E-state index contributed by atoms with van der Waals surface area (Å²) >= 11 is 1.38. The van der Waals surface area contributed by atoms with E-state index < -0.39 is 5.25 Å². The van der Waals surface area contributed by atoms with Crippen molar-refractivity contribution in [2.24, 2.45) is 0 Å². The number of rotatable bonds is 5. The summed E-state index contributed by atoms with van der Waals surface area (Å²) in [4.78, 5) is 36.6. The van der Waals surface area contributed by atoms with Crippen molar-refractivity contribution in [2.75, 3.05) is 6.54 Å². The smallest absolute Gasteiger partial charge is 0.243 e. The molecule has 114 valence electrons. The summed E-state index contributed by atoms with van der Waals surface area (Å²) in [7, 11) is 0. The molecule has 1 atom stereocenters. The number of likely N-dealkylation sites (tertiary alicyclic amines) is 1. The third kappa shape index (κ3) is 4.43. The Balaban J connectivity index is 2.13. The molecule has 0 saturated carbocycles. The lowest BCUT2D eigenvalue weighted by atomic mass is 10.3. The number of amides is 2. The van der Waals surface area contributed by atoms with E-state index in [0.717, 1.165) is 11.2 Å². The van der Waals surface area contributed by atoms with Crippen LogP contribution >= 0.6 is 11.8 Å². The lowest BCUT2D eigenvalue weighted by Crippen LogP contribution is -2.32. The molecule has 2 rings (SSSR count). The minimum absolute atomic E-state index is 0.181. The first kappa shape index (κ1) is 16.2. The van der Waals surface area contributed by atoms with Gasteiger partial charge in [-0.3, -0.25) is 14.5 Å². The molecule has 1 aliphatic heterocycles. The first-order valence-corrected chi connectivity index (χ1v) is 7.93. The van der Waals surface area contributed by atoms with Crippen LogP contribution in [0.4, 0.5) is 0 Å². The molecular weight excluding hydrogens is 298 g/mol. The first-order valence-electron chi connectivity index (χ1n) is 7.05. The van der Waals surface area contributed by atoms with Gasteiger partial charge in [0.05, 0.1) is 5.25 Å². The molecule has 0 radical (unpaired) electrons. The van der Waals surface area contributed by atoms with Crippen molar-refractivity contribution >= 4 is 29.9 Å². The Bertz CT molecular complexity index is 591. The Hall–Kier alpha value is -2.14. The van der Waals surface area contributed by atoms with Crippen LogP contribution in [0.25, 0.3) is 0 Å². The molecule has 1 aliphatic rings. The summed E-state index contributed by atoms with van der Waals surface area (Å²) in [5.74, 6) is -0.408. The van der Waals surface area contributed by atoms with E-state index in [1.165, 1.54) is 16.7 Å². The predicted molar refractivity (Wildman–Crippen MR) is 85.7 cm³/mol. The van der Waals surface area contributed by atoms with E-state index in [-0.39, 0.29) is 31.2 Å². The maximum atomic E-state index is 12.2. The van der Waals surface area contributed by atoms with Gasteiger partial charge in [-0.2, -0.15) is 0 Å². The molecule has 0 bridgehead atoms. The van der Waals surface area contributed by atoms with E-state index in [0.29, 0.717) is 0 Å². The molecule has 1 fully saturated rings. The van der Waals surface area contributed by atoms with Gasteiger partial charge in [0.2, 0.25) is 11.8 Å². The zero-order valence-electron chi connectivity index (χ0n) is 12.1. The quantitative estimate of drug-likeness (QED) is 0.619. The lowest BCUT2D eigenvalue weighted by Gasteiger charge is -2.12. The molecule has 1 heterocycles. The molecular formula is C17H17NO3S. The number of imide groups is 1. The first-order chi connectivity index (χ1) is 10.7. The molecule has 1 saturated heterocycles. The van der Waals surface area contributed by atoms with Crippen molar-refractivity contribution in [3.05, 3.63) is 54.6 Å². The van der Waals surface area contributed by atoms with Crippen LogP contribution in [0.1, 0.15) is 12.8 Å². The highest BCUT2D eigenvalue weighted by Crippen LogP contribution is 2.30. The Morgan fingerprint density at radius 2 is 1.64 bits per heavy atom. The van der Waals surface area contributed by atoms with Crippen molar-refractivity contribution in [1.29, 1.82) is 0 Å². The Morgan fingerprint density at radius 1 is 1.05 bits per heavy atom. The van der Waals surface area contributed by atoms with Gasteiger partial charge in [-0.1, -0.05) is 42.5 Å². The van der Waals surface area contributed by atoms with E-state index in [1.807, 2.05) is 54.6 Å². The topological polar surface area (TPSA) is 54.5 Å². The molecule has 0 aliphatic carbocycles. The normalized spacial score (nSPS) is 17.3. The Kier molecular flexibility index (Phi) is 6.15. The third-order valence-corrected chi connectivity index (χ3v) is 4.34. The third-order valence-electron chi connectivity index (χ3n) is 3.14.